The van der Waals surface area contributed by atoms with E-state index in [1.807, 2.05) is 46.0 Å². The summed E-state index contributed by atoms with van der Waals surface area (Å²) >= 11 is 0. The number of benzene rings is 1. The first-order chi connectivity index (χ1) is 13.6. The van der Waals surface area contributed by atoms with Gasteiger partial charge in [-0.3, -0.25) is 9.58 Å². The Morgan fingerprint density at radius 3 is 2.36 bits per heavy atom. The summed E-state index contributed by atoms with van der Waals surface area (Å²) in [6.07, 6.45) is 10.0. The van der Waals surface area contributed by atoms with Crippen LogP contribution in [0.3, 0.4) is 0 Å². The van der Waals surface area contributed by atoms with Crippen LogP contribution in [0.5, 0.6) is 0 Å². The van der Waals surface area contributed by atoms with Gasteiger partial charge in [0.1, 0.15) is 0 Å². The summed E-state index contributed by atoms with van der Waals surface area (Å²) in [5.74, 6) is 0. The van der Waals surface area contributed by atoms with E-state index in [-0.39, 0.29) is 0 Å². The molecule has 0 aliphatic heterocycles. The molecule has 0 unspecified atom stereocenters. The summed E-state index contributed by atoms with van der Waals surface area (Å²) in [5.41, 5.74) is 5.45. The number of aromatic nitrogens is 5. The molecule has 0 N–H and O–H groups in total. The fourth-order valence-corrected chi connectivity index (χ4v) is 3.37. The van der Waals surface area contributed by atoms with E-state index in [9.17, 15) is 0 Å². The second-order valence-corrected chi connectivity index (χ2v) is 7.36. The van der Waals surface area contributed by atoms with Crippen molar-refractivity contribution in [3.05, 3.63) is 72.4 Å². The molecule has 0 saturated carbocycles. The molecule has 0 amide bonds. The van der Waals surface area contributed by atoms with Gasteiger partial charge in [-0.25, -0.2) is 9.50 Å². The Morgan fingerprint density at radius 2 is 1.68 bits per heavy atom. The molecule has 0 aliphatic carbocycles. The van der Waals surface area contributed by atoms with E-state index in [1.54, 1.807) is 0 Å². The lowest BCUT2D eigenvalue weighted by atomic mass is 10.1. The minimum Gasteiger partial charge on any atom is -0.292 e. The maximum Gasteiger partial charge on any atom is 0.162 e. The zero-order valence-electron chi connectivity index (χ0n) is 16.7. The van der Waals surface area contributed by atoms with Crippen LogP contribution in [0.2, 0.25) is 0 Å². The third-order valence-electron chi connectivity index (χ3n) is 5.01. The summed E-state index contributed by atoms with van der Waals surface area (Å²) in [5, 5.41) is 8.92. The Labute approximate surface area is 165 Å². The van der Waals surface area contributed by atoms with E-state index in [1.165, 1.54) is 5.56 Å². The van der Waals surface area contributed by atoms with E-state index < -0.39 is 0 Å². The number of fused-ring (bicyclic) bond motifs is 1. The molecule has 4 rings (SSSR count). The van der Waals surface area contributed by atoms with Gasteiger partial charge in [0.25, 0.3) is 0 Å². The number of aryl methyl sites for hydroxylation is 1. The first kappa shape index (κ1) is 18.4. The van der Waals surface area contributed by atoms with E-state index in [4.69, 9.17) is 4.98 Å². The SMILES string of the molecule is CCn1cc(CN(Cc2cnc3c(-c4ccccc4)cnn3c2)C(C)C)cn1. The van der Waals surface area contributed by atoms with Crippen LogP contribution in [0.1, 0.15) is 31.9 Å². The molecule has 0 radical (unpaired) electrons. The zero-order valence-corrected chi connectivity index (χ0v) is 16.7. The molecule has 0 saturated heterocycles. The van der Waals surface area contributed by atoms with Crippen LogP contribution >= 0.6 is 0 Å². The lowest BCUT2D eigenvalue weighted by Gasteiger charge is -2.25. The van der Waals surface area contributed by atoms with Crippen LogP contribution in [-0.2, 0) is 19.6 Å². The van der Waals surface area contributed by atoms with Gasteiger partial charge >= 0.3 is 0 Å². The lowest BCUT2D eigenvalue weighted by molar-refractivity contribution is 0.203. The molecule has 3 heterocycles. The zero-order chi connectivity index (χ0) is 19.5. The Hall–Kier alpha value is -2.99. The smallest absolute Gasteiger partial charge is 0.162 e. The summed E-state index contributed by atoms with van der Waals surface area (Å²) in [7, 11) is 0. The molecule has 28 heavy (non-hydrogen) atoms. The van der Waals surface area contributed by atoms with Gasteiger partial charge in [-0.05, 0) is 26.3 Å². The standard InChI is InChI=1S/C22H26N6/c1-4-27-15-19(11-24-27)14-26(17(2)3)13-18-10-23-22-21(12-25-28(22)16-18)20-8-6-5-7-9-20/h5-12,15-17H,4,13-14H2,1-3H3. The Kier molecular flexibility index (Phi) is 5.21. The highest BCUT2D eigenvalue weighted by atomic mass is 15.3. The highest BCUT2D eigenvalue weighted by Gasteiger charge is 2.14. The molecular weight excluding hydrogens is 348 g/mol. The fourth-order valence-electron chi connectivity index (χ4n) is 3.37. The monoisotopic (exact) mass is 374 g/mol. The molecule has 0 atom stereocenters. The van der Waals surface area contributed by atoms with Gasteiger partial charge in [0.2, 0.25) is 0 Å². The van der Waals surface area contributed by atoms with Crippen molar-refractivity contribution in [1.82, 2.24) is 29.3 Å². The van der Waals surface area contributed by atoms with Crippen LogP contribution in [0.15, 0.2) is 61.3 Å². The lowest BCUT2D eigenvalue weighted by Crippen LogP contribution is -2.29. The second-order valence-electron chi connectivity index (χ2n) is 7.36. The number of hydrogen-bond donors (Lipinski definition) is 0. The molecule has 0 spiro atoms. The molecule has 0 bridgehead atoms. The van der Waals surface area contributed by atoms with Gasteiger partial charge in [0, 0.05) is 61.0 Å². The van der Waals surface area contributed by atoms with Gasteiger partial charge in [-0.2, -0.15) is 10.2 Å². The molecule has 144 valence electrons. The topological polar surface area (TPSA) is 51.2 Å². The second kappa shape index (κ2) is 7.94. The maximum absolute atomic E-state index is 4.71. The first-order valence-corrected chi connectivity index (χ1v) is 9.77. The van der Waals surface area contributed by atoms with E-state index in [0.29, 0.717) is 6.04 Å². The molecule has 6 nitrogen and oxygen atoms in total. The Bertz CT molecular complexity index is 1050. The van der Waals surface area contributed by atoms with Crippen LogP contribution in [0.25, 0.3) is 16.8 Å². The Balaban J connectivity index is 1.56. The van der Waals surface area contributed by atoms with Gasteiger partial charge < -0.3 is 0 Å². The van der Waals surface area contributed by atoms with Crippen LogP contribution in [0.4, 0.5) is 0 Å². The molecular formula is C22H26N6. The quantitative estimate of drug-likeness (QED) is 0.490. The molecule has 4 aromatic rings. The molecule has 3 aromatic heterocycles. The minimum atomic E-state index is 0.415. The van der Waals surface area contributed by atoms with Gasteiger partial charge in [-0.1, -0.05) is 30.3 Å². The van der Waals surface area contributed by atoms with Crippen molar-refractivity contribution in [2.24, 2.45) is 0 Å². The van der Waals surface area contributed by atoms with Crippen LogP contribution < -0.4 is 0 Å². The van der Waals surface area contributed by atoms with Gasteiger partial charge in [-0.15, -0.1) is 0 Å². The predicted octanol–water partition coefficient (Wildman–Crippen LogP) is 4.02. The van der Waals surface area contributed by atoms with Crippen LogP contribution in [-0.4, -0.2) is 35.3 Å². The average molecular weight is 374 g/mol. The normalized spacial score (nSPS) is 11.8. The number of rotatable bonds is 7. The van der Waals surface area contributed by atoms with E-state index in [2.05, 4.69) is 60.4 Å². The van der Waals surface area contributed by atoms with Gasteiger partial charge in [0.15, 0.2) is 5.65 Å². The minimum absolute atomic E-state index is 0.415. The third-order valence-corrected chi connectivity index (χ3v) is 5.01. The Morgan fingerprint density at radius 1 is 0.929 bits per heavy atom. The van der Waals surface area contributed by atoms with Crippen molar-refractivity contribution in [2.45, 2.75) is 46.4 Å². The van der Waals surface area contributed by atoms with Crippen molar-refractivity contribution in [1.29, 1.82) is 0 Å². The summed E-state index contributed by atoms with van der Waals surface area (Å²) in [4.78, 5) is 7.13. The highest BCUT2D eigenvalue weighted by Crippen LogP contribution is 2.23. The summed E-state index contributed by atoms with van der Waals surface area (Å²) in [6.45, 7) is 9.12. The van der Waals surface area contributed by atoms with Crippen LogP contribution in [0, 0.1) is 0 Å². The highest BCUT2D eigenvalue weighted by molar-refractivity contribution is 5.76. The molecule has 0 aliphatic rings. The molecule has 6 heteroatoms. The fraction of sp³-hybridized carbons (Fsp3) is 0.318. The summed E-state index contributed by atoms with van der Waals surface area (Å²) < 4.78 is 3.85. The van der Waals surface area contributed by atoms with E-state index in [0.717, 1.165) is 42.0 Å². The number of hydrogen-bond acceptors (Lipinski definition) is 4. The van der Waals surface area contributed by atoms with Crippen molar-refractivity contribution in [2.75, 3.05) is 0 Å². The van der Waals surface area contributed by atoms with Crippen molar-refractivity contribution in [3.8, 4) is 11.1 Å². The maximum atomic E-state index is 4.71. The van der Waals surface area contributed by atoms with E-state index >= 15 is 0 Å². The van der Waals surface area contributed by atoms with Gasteiger partial charge in [0.05, 0.1) is 12.4 Å². The van der Waals surface area contributed by atoms with Crippen molar-refractivity contribution >= 4 is 5.65 Å². The third kappa shape index (κ3) is 3.82. The summed E-state index contributed by atoms with van der Waals surface area (Å²) in [6, 6.07) is 10.7. The van der Waals surface area contributed by atoms with Crippen molar-refractivity contribution in [3.63, 3.8) is 0 Å². The molecule has 1 aromatic carbocycles. The number of nitrogens with zero attached hydrogens (tertiary/aromatic N) is 6. The first-order valence-electron chi connectivity index (χ1n) is 9.77. The molecule has 0 fully saturated rings. The average Bonchev–Trinajstić information content (AvgIpc) is 3.34. The predicted molar refractivity (Wildman–Crippen MR) is 111 cm³/mol. The van der Waals surface area contributed by atoms with Crippen molar-refractivity contribution < 1.29 is 0 Å². The largest absolute Gasteiger partial charge is 0.292 e.